The molecule has 1 aliphatic carbocycles. The smallest absolute Gasteiger partial charge is 0.475 e. The molecule has 30 heavy (non-hydrogen) atoms. The molecule has 3 atom stereocenters. The number of carboxylic acids is 1. The Morgan fingerprint density at radius 2 is 1.83 bits per heavy atom. The van der Waals surface area contributed by atoms with Crippen LogP contribution in [0.1, 0.15) is 31.2 Å². The maximum atomic E-state index is 12.0. The SMILES string of the molecule is O=C(C[C@@H]1C[C@H]2CN(Cc3ccccc3)C[C@H]2O1)NCC1CC1.O=C(O)C(F)(F)F. The first-order valence-corrected chi connectivity index (χ1v) is 10.2. The van der Waals surface area contributed by atoms with Crippen molar-refractivity contribution in [2.24, 2.45) is 11.8 Å². The molecule has 6 nitrogen and oxygen atoms in total. The Balaban J connectivity index is 0.000000318. The van der Waals surface area contributed by atoms with E-state index in [1.54, 1.807) is 0 Å². The molecule has 3 aliphatic rings. The Bertz CT molecular complexity index is 711. The molecular formula is C21H27F3N2O4. The molecule has 0 unspecified atom stereocenters. The van der Waals surface area contributed by atoms with E-state index in [4.69, 9.17) is 14.6 Å². The number of fused-ring (bicyclic) bond motifs is 1. The Morgan fingerprint density at radius 3 is 2.40 bits per heavy atom. The first-order valence-electron chi connectivity index (χ1n) is 10.2. The lowest BCUT2D eigenvalue weighted by atomic mass is 10.0. The largest absolute Gasteiger partial charge is 0.490 e. The minimum absolute atomic E-state index is 0.128. The lowest BCUT2D eigenvalue weighted by Gasteiger charge is -2.19. The highest BCUT2D eigenvalue weighted by atomic mass is 19.4. The van der Waals surface area contributed by atoms with E-state index in [2.05, 4.69) is 40.5 Å². The fraction of sp³-hybridized carbons (Fsp3) is 0.619. The zero-order chi connectivity index (χ0) is 21.7. The van der Waals surface area contributed by atoms with E-state index < -0.39 is 12.1 Å². The number of ether oxygens (including phenoxy) is 1. The van der Waals surface area contributed by atoms with Gasteiger partial charge in [0.25, 0.3) is 0 Å². The fourth-order valence-electron chi connectivity index (χ4n) is 3.91. The highest BCUT2D eigenvalue weighted by molar-refractivity contribution is 5.76. The van der Waals surface area contributed by atoms with Crippen LogP contribution in [0.4, 0.5) is 13.2 Å². The number of carbonyl (C=O) groups excluding carboxylic acids is 1. The van der Waals surface area contributed by atoms with Crippen LogP contribution in [0.3, 0.4) is 0 Å². The summed E-state index contributed by atoms with van der Waals surface area (Å²) >= 11 is 0. The van der Waals surface area contributed by atoms with E-state index in [-0.39, 0.29) is 12.0 Å². The molecular weight excluding hydrogens is 401 g/mol. The summed E-state index contributed by atoms with van der Waals surface area (Å²) < 4.78 is 37.9. The number of carboxylic acid groups (broad SMARTS) is 1. The Kier molecular flexibility index (Phi) is 7.36. The van der Waals surface area contributed by atoms with Crippen molar-refractivity contribution in [2.75, 3.05) is 19.6 Å². The minimum atomic E-state index is -5.08. The van der Waals surface area contributed by atoms with E-state index in [0.717, 1.165) is 38.5 Å². The van der Waals surface area contributed by atoms with Gasteiger partial charge >= 0.3 is 12.1 Å². The molecule has 1 amide bonds. The maximum absolute atomic E-state index is 12.0. The number of nitrogens with zero attached hydrogens (tertiary/aromatic N) is 1. The lowest BCUT2D eigenvalue weighted by molar-refractivity contribution is -0.192. The summed E-state index contributed by atoms with van der Waals surface area (Å²) in [5.41, 5.74) is 1.36. The molecule has 0 bridgehead atoms. The molecule has 1 aromatic carbocycles. The molecule has 166 valence electrons. The zero-order valence-corrected chi connectivity index (χ0v) is 16.6. The van der Waals surface area contributed by atoms with Crippen molar-refractivity contribution in [3.8, 4) is 0 Å². The number of alkyl halides is 3. The summed E-state index contributed by atoms with van der Waals surface area (Å²) in [6.07, 6.45) is -0.503. The third-order valence-corrected chi connectivity index (χ3v) is 5.58. The van der Waals surface area contributed by atoms with Crippen LogP contribution in [0.15, 0.2) is 30.3 Å². The van der Waals surface area contributed by atoms with Crippen LogP contribution < -0.4 is 5.32 Å². The Labute approximate surface area is 173 Å². The van der Waals surface area contributed by atoms with Gasteiger partial charge in [0, 0.05) is 32.1 Å². The molecule has 1 saturated carbocycles. The van der Waals surface area contributed by atoms with Gasteiger partial charge in [-0.3, -0.25) is 9.69 Å². The highest BCUT2D eigenvalue weighted by Gasteiger charge is 2.42. The van der Waals surface area contributed by atoms with Gasteiger partial charge in [0.05, 0.1) is 18.6 Å². The van der Waals surface area contributed by atoms with Crippen molar-refractivity contribution in [3.63, 3.8) is 0 Å². The number of amides is 1. The molecule has 4 rings (SSSR count). The van der Waals surface area contributed by atoms with Crippen LogP contribution in [-0.2, 0) is 20.9 Å². The Hall–Kier alpha value is -2.13. The molecule has 2 heterocycles. The molecule has 2 aliphatic heterocycles. The second-order valence-electron chi connectivity index (χ2n) is 8.23. The summed E-state index contributed by atoms with van der Waals surface area (Å²) in [5, 5.41) is 10.2. The van der Waals surface area contributed by atoms with Gasteiger partial charge in [-0.2, -0.15) is 13.2 Å². The summed E-state index contributed by atoms with van der Waals surface area (Å²) in [4.78, 5) is 23.3. The van der Waals surface area contributed by atoms with Gasteiger partial charge < -0.3 is 15.2 Å². The van der Waals surface area contributed by atoms with Gasteiger partial charge in [0.1, 0.15) is 0 Å². The number of aliphatic carboxylic acids is 1. The maximum Gasteiger partial charge on any atom is 0.490 e. The number of hydrogen-bond acceptors (Lipinski definition) is 4. The van der Waals surface area contributed by atoms with Gasteiger partial charge in [0.2, 0.25) is 5.91 Å². The first-order chi connectivity index (χ1) is 14.2. The first kappa shape index (κ1) is 22.6. The van der Waals surface area contributed by atoms with E-state index in [0.29, 0.717) is 18.4 Å². The second kappa shape index (κ2) is 9.78. The quantitative estimate of drug-likeness (QED) is 0.729. The predicted octanol–water partition coefficient (Wildman–Crippen LogP) is 2.83. The number of benzene rings is 1. The normalized spacial score (nSPS) is 25.9. The van der Waals surface area contributed by atoms with Crippen LogP contribution in [0, 0.1) is 11.8 Å². The van der Waals surface area contributed by atoms with Crippen molar-refractivity contribution in [1.82, 2.24) is 10.2 Å². The third kappa shape index (κ3) is 6.98. The molecule has 2 saturated heterocycles. The molecule has 0 spiro atoms. The topological polar surface area (TPSA) is 78.9 Å². The van der Waals surface area contributed by atoms with Gasteiger partial charge in [-0.25, -0.2) is 4.79 Å². The molecule has 9 heteroatoms. The van der Waals surface area contributed by atoms with Gasteiger partial charge in [-0.05, 0) is 30.7 Å². The average Bonchev–Trinajstić information content (AvgIpc) is 3.33. The number of likely N-dealkylation sites (tertiary alicyclic amines) is 1. The Morgan fingerprint density at radius 1 is 1.17 bits per heavy atom. The van der Waals surface area contributed by atoms with E-state index in [1.165, 1.54) is 18.4 Å². The summed E-state index contributed by atoms with van der Waals surface area (Å²) in [6.45, 7) is 3.96. The fourth-order valence-corrected chi connectivity index (χ4v) is 3.91. The average molecular weight is 428 g/mol. The molecule has 2 N–H and O–H groups in total. The molecule has 1 aromatic rings. The van der Waals surface area contributed by atoms with E-state index >= 15 is 0 Å². The van der Waals surface area contributed by atoms with Crippen molar-refractivity contribution >= 4 is 11.9 Å². The number of hydrogen-bond donors (Lipinski definition) is 2. The van der Waals surface area contributed by atoms with Gasteiger partial charge in [-0.1, -0.05) is 30.3 Å². The van der Waals surface area contributed by atoms with Crippen LogP contribution in [0.5, 0.6) is 0 Å². The summed E-state index contributed by atoms with van der Waals surface area (Å²) in [7, 11) is 0. The van der Waals surface area contributed by atoms with Gasteiger partial charge in [-0.15, -0.1) is 0 Å². The molecule has 0 aromatic heterocycles. The second-order valence-corrected chi connectivity index (χ2v) is 8.23. The number of nitrogens with one attached hydrogen (secondary N) is 1. The van der Waals surface area contributed by atoms with Crippen molar-refractivity contribution in [1.29, 1.82) is 0 Å². The van der Waals surface area contributed by atoms with Crippen LogP contribution in [0.2, 0.25) is 0 Å². The van der Waals surface area contributed by atoms with Gasteiger partial charge in [0.15, 0.2) is 0 Å². The standard InChI is InChI=1S/C19H26N2O2.C2HF3O2/c22-19(20-10-14-6-7-14)9-17-8-16-12-21(13-18(16)23-17)11-15-4-2-1-3-5-15;3-2(4,5)1(6)7/h1-5,14,16-18H,6-13H2,(H,20,22);(H,6,7)/t16-,17-,18+;/m0./s1. The minimum Gasteiger partial charge on any atom is -0.475 e. The number of halogens is 3. The van der Waals surface area contributed by atoms with Crippen LogP contribution >= 0.6 is 0 Å². The van der Waals surface area contributed by atoms with E-state index in [9.17, 15) is 18.0 Å². The van der Waals surface area contributed by atoms with E-state index in [1.807, 2.05) is 0 Å². The molecule has 0 radical (unpaired) electrons. The third-order valence-electron chi connectivity index (χ3n) is 5.58. The van der Waals surface area contributed by atoms with Crippen molar-refractivity contribution in [3.05, 3.63) is 35.9 Å². The highest BCUT2D eigenvalue weighted by Crippen LogP contribution is 2.35. The number of carbonyl (C=O) groups is 2. The van der Waals surface area contributed by atoms with Crippen molar-refractivity contribution in [2.45, 2.75) is 50.6 Å². The lowest BCUT2D eigenvalue weighted by Crippen LogP contribution is -2.30. The number of rotatable bonds is 6. The van der Waals surface area contributed by atoms with Crippen LogP contribution in [0.25, 0.3) is 0 Å². The summed E-state index contributed by atoms with van der Waals surface area (Å²) in [5.74, 6) is -1.25. The monoisotopic (exact) mass is 428 g/mol. The summed E-state index contributed by atoms with van der Waals surface area (Å²) in [6, 6.07) is 10.6. The predicted molar refractivity (Wildman–Crippen MR) is 103 cm³/mol. The van der Waals surface area contributed by atoms with Crippen molar-refractivity contribution < 1.29 is 32.6 Å². The zero-order valence-electron chi connectivity index (χ0n) is 16.6. The molecule has 3 fully saturated rings. The van der Waals surface area contributed by atoms with Crippen LogP contribution in [-0.4, -0.2) is 59.9 Å².